The van der Waals surface area contributed by atoms with Gasteiger partial charge in [-0.3, -0.25) is 4.79 Å². The Balaban J connectivity index is 1.81. The molecule has 1 amide bonds. The molecule has 1 saturated carbocycles. The molecule has 0 radical (unpaired) electrons. The molecule has 1 fully saturated rings. The van der Waals surface area contributed by atoms with Crippen LogP contribution in [0, 0.1) is 0 Å². The number of aromatic nitrogens is 2. The van der Waals surface area contributed by atoms with E-state index in [4.69, 9.17) is 13.9 Å². The van der Waals surface area contributed by atoms with Crippen molar-refractivity contribution >= 4 is 15.9 Å². The molecule has 0 aliphatic heterocycles. The van der Waals surface area contributed by atoms with Gasteiger partial charge in [0.2, 0.25) is 21.8 Å². The van der Waals surface area contributed by atoms with Gasteiger partial charge in [0.25, 0.3) is 5.89 Å². The lowest BCUT2D eigenvalue weighted by Gasteiger charge is -2.15. The van der Waals surface area contributed by atoms with Crippen molar-refractivity contribution in [1.29, 1.82) is 0 Å². The van der Waals surface area contributed by atoms with Gasteiger partial charge in [-0.25, -0.2) is 13.1 Å². The van der Waals surface area contributed by atoms with Crippen LogP contribution in [0.3, 0.4) is 0 Å². The topological polar surface area (TPSA) is 133 Å². The first-order valence-corrected chi connectivity index (χ1v) is 10.7. The van der Waals surface area contributed by atoms with Gasteiger partial charge < -0.3 is 19.2 Å². The molecule has 0 spiro atoms. The summed E-state index contributed by atoms with van der Waals surface area (Å²) in [5, 5.41) is 10.2. The number of nitrogens with one attached hydrogen (secondary N) is 2. The van der Waals surface area contributed by atoms with Gasteiger partial charge in [0.1, 0.15) is 11.8 Å². The zero-order chi connectivity index (χ0) is 20.9. The molecule has 1 atom stereocenters. The maximum absolute atomic E-state index is 12.4. The largest absolute Gasteiger partial charge is 0.496 e. The molecule has 3 rings (SSSR count). The molecule has 29 heavy (non-hydrogen) atoms. The molecule has 1 aromatic heterocycles. The quantitative estimate of drug-likeness (QED) is 0.511. The minimum Gasteiger partial charge on any atom is -0.496 e. The molecular weight excluding hydrogens is 400 g/mol. The van der Waals surface area contributed by atoms with Crippen LogP contribution in [0.1, 0.15) is 31.2 Å². The third kappa shape index (κ3) is 5.52. The van der Waals surface area contributed by atoms with Crippen LogP contribution in [0.2, 0.25) is 0 Å². The molecule has 1 heterocycles. The number of methoxy groups -OCH3 is 2. The lowest BCUT2D eigenvalue weighted by Crippen LogP contribution is -2.36. The van der Waals surface area contributed by atoms with Gasteiger partial charge in [0.05, 0.1) is 31.0 Å². The van der Waals surface area contributed by atoms with Gasteiger partial charge in [-0.05, 0) is 25.0 Å². The zero-order valence-electron chi connectivity index (χ0n) is 16.3. The second-order valence-electron chi connectivity index (χ2n) is 6.61. The van der Waals surface area contributed by atoms with E-state index in [-0.39, 0.29) is 24.1 Å². The highest BCUT2D eigenvalue weighted by Crippen LogP contribution is 2.32. The Labute approximate surface area is 169 Å². The molecule has 2 aromatic rings. The number of carbonyl (C=O) groups excluding carboxylic acids is 1. The van der Waals surface area contributed by atoms with Gasteiger partial charge >= 0.3 is 0 Å². The summed E-state index contributed by atoms with van der Waals surface area (Å²) in [7, 11) is -0.535. The molecule has 1 aromatic carbocycles. The van der Waals surface area contributed by atoms with Crippen molar-refractivity contribution in [3.8, 4) is 17.2 Å². The van der Waals surface area contributed by atoms with Crippen molar-refractivity contribution in [2.24, 2.45) is 0 Å². The normalized spacial score (nSPS) is 15.1. The highest BCUT2D eigenvalue weighted by Gasteiger charge is 2.38. The fourth-order valence-electron chi connectivity index (χ4n) is 2.71. The Morgan fingerprint density at radius 1 is 1.28 bits per heavy atom. The summed E-state index contributed by atoms with van der Waals surface area (Å²) in [4.78, 5) is 12.2. The fourth-order valence-corrected chi connectivity index (χ4v) is 4.24. The van der Waals surface area contributed by atoms with Crippen molar-refractivity contribution in [2.45, 2.75) is 30.6 Å². The minimum atomic E-state index is -3.58. The highest BCUT2D eigenvalue weighted by atomic mass is 32.2. The average Bonchev–Trinajstić information content (AvgIpc) is 3.46. The number of benzene rings is 1. The van der Waals surface area contributed by atoms with Gasteiger partial charge in [0.15, 0.2) is 0 Å². The number of amides is 1. The molecule has 11 heteroatoms. The Hall–Kier alpha value is -2.50. The molecule has 1 aliphatic rings. The maximum atomic E-state index is 12.4. The lowest BCUT2D eigenvalue weighted by molar-refractivity contribution is -0.121. The fraction of sp³-hybridized carbons (Fsp3) is 0.500. The molecule has 1 aliphatic carbocycles. The monoisotopic (exact) mass is 424 g/mol. The Bertz CT molecular complexity index is 941. The number of rotatable bonds is 11. The van der Waals surface area contributed by atoms with E-state index in [9.17, 15) is 13.2 Å². The predicted octanol–water partition coefficient (Wildman–Crippen LogP) is 1.02. The van der Waals surface area contributed by atoms with Crippen LogP contribution >= 0.6 is 0 Å². The van der Waals surface area contributed by atoms with Crippen LogP contribution < -0.4 is 14.8 Å². The smallest absolute Gasteiger partial charge is 0.251 e. The summed E-state index contributed by atoms with van der Waals surface area (Å²) < 4.78 is 43.3. The van der Waals surface area contributed by atoms with Crippen LogP contribution in [0.4, 0.5) is 0 Å². The molecule has 2 N–H and O–H groups in total. The van der Waals surface area contributed by atoms with E-state index in [1.54, 1.807) is 24.3 Å². The van der Waals surface area contributed by atoms with E-state index >= 15 is 0 Å². The maximum Gasteiger partial charge on any atom is 0.251 e. The predicted molar refractivity (Wildman–Crippen MR) is 104 cm³/mol. The van der Waals surface area contributed by atoms with E-state index in [1.807, 2.05) is 0 Å². The number of carbonyl (C=O) groups is 1. The first-order chi connectivity index (χ1) is 13.9. The summed E-state index contributed by atoms with van der Waals surface area (Å²) in [5.41, 5.74) is 0.571. The highest BCUT2D eigenvalue weighted by molar-refractivity contribution is 7.90. The molecular formula is C18H24N4O6S. The Morgan fingerprint density at radius 2 is 2.03 bits per heavy atom. The Kier molecular flexibility index (Phi) is 6.83. The summed E-state index contributed by atoms with van der Waals surface area (Å²) in [6.07, 6.45) is 1.01. The van der Waals surface area contributed by atoms with E-state index in [1.165, 1.54) is 14.2 Å². The van der Waals surface area contributed by atoms with Crippen molar-refractivity contribution < 1.29 is 27.1 Å². The average molecular weight is 424 g/mol. The molecule has 10 nitrogen and oxygen atoms in total. The number of ether oxygens (including phenoxy) is 2. The third-order valence-corrected chi connectivity index (χ3v) is 6.33. The molecule has 158 valence electrons. The third-order valence-electron chi connectivity index (χ3n) is 4.36. The van der Waals surface area contributed by atoms with Crippen LogP contribution in [-0.2, 0) is 19.6 Å². The first kappa shape index (κ1) is 21.2. The van der Waals surface area contributed by atoms with Crippen LogP contribution in [0.15, 0.2) is 28.7 Å². The van der Waals surface area contributed by atoms with E-state index in [2.05, 4.69) is 20.2 Å². The van der Waals surface area contributed by atoms with E-state index < -0.39 is 21.3 Å². The van der Waals surface area contributed by atoms with Gasteiger partial charge in [-0.2, -0.15) is 0 Å². The second kappa shape index (κ2) is 9.33. The van der Waals surface area contributed by atoms with Crippen molar-refractivity contribution in [2.75, 3.05) is 27.4 Å². The number of para-hydroxylation sites is 1. The van der Waals surface area contributed by atoms with Crippen LogP contribution in [0.5, 0.6) is 5.75 Å². The Morgan fingerprint density at radius 3 is 2.72 bits per heavy atom. The van der Waals surface area contributed by atoms with Crippen molar-refractivity contribution in [1.82, 2.24) is 20.2 Å². The molecule has 0 saturated heterocycles. The number of sulfonamides is 1. The van der Waals surface area contributed by atoms with Crippen molar-refractivity contribution in [3.05, 3.63) is 30.2 Å². The summed E-state index contributed by atoms with van der Waals surface area (Å²) in [5.74, 6) is 0.364. The van der Waals surface area contributed by atoms with Crippen molar-refractivity contribution in [3.63, 3.8) is 0 Å². The van der Waals surface area contributed by atoms with Gasteiger partial charge in [0, 0.05) is 13.7 Å². The standard InChI is InChI=1S/C18H24N4O6S/c1-26-10-9-19-16(23)11-14(22-29(24,25)12-7-8-12)18-21-20-17(28-18)13-5-3-4-6-15(13)27-2/h3-6,12,14,22H,7-11H2,1-2H3,(H,19,23)/t14-/m0/s1. The number of hydrogen-bond donors (Lipinski definition) is 2. The zero-order valence-corrected chi connectivity index (χ0v) is 17.1. The summed E-state index contributed by atoms with van der Waals surface area (Å²) in [6.45, 7) is 0.663. The van der Waals surface area contributed by atoms with Gasteiger partial charge in [-0.1, -0.05) is 12.1 Å². The molecule has 0 bridgehead atoms. The van der Waals surface area contributed by atoms with E-state index in [0.29, 0.717) is 37.3 Å². The van der Waals surface area contributed by atoms with Gasteiger partial charge in [-0.15, -0.1) is 10.2 Å². The lowest BCUT2D eigenvalue weighted by atomic mass is 10.2. The first-order valence-electron chi connectivity index (χ1n) is 9.18. The number of hydrogen-bond acceptors (Lipinski definition) is 8. The number of nitrogens with zero attached hydrogens (tertiary/aromatic N) is 2. The SMILES string of the molecule is COCCNC(=O)C[C@H](NS(=O)(=O)C1CC1)c1nnc(-c2ccccc2OC)o1. The van der Waals surface area contributed by atoms with Crippen LogP contribution in [-0.4, -0.2) is 57.1 Å². The summed E-state index contributed by atoms with van der Waals surface area (Å²) >= 11 is 0. The summed E-state index contributed by atoms with van der Waals surface area (Å²) in [6, 6.07) is 6.11. The minimum absolute atomic E-state index is 0.0111. The van der Waals surface area contributed by atoms with E-state index in [0.717, 1.165) is 0 Å². The second-order valence-corrected chi connectivity index (χ2v) is 8.60. The molecule has 0 unspecified atom stereocenters. The van der Waals surface area contributed by atoms with Crippen LogP contribution in [0.25, 0.3) is 11.5 Å².